The normalized spacial score (nSPS) is 20.1. The predicted octanol–water partition coefficient (Wildman–Crippen LogP) is 0.164. The molecule has 1 aliphatic carbocycles. The van der Waals surface area contributed by atoms with E-state index >= 15 is 0 Å². The lowest BCUT2D eigenvalue weighted by atomic mass is 10.3. The molecular formula is C11H15N3O. The minimum atomic E-state index is 0.189. The van der Waals surface area contributed by atoms with Gasteiger partial charge in [-0.2, -0.15) is 0 Å². The van der Waals surface area contributed by atoms with E-state index in [0.29, 0.717) is 0 Å². The molecule has 80 valence electrons. The van der Waals surface area contributed by atoms with Gasteiger partial charge in [0.25, 0.3) is 5.56 Å². The first-order valence-electron chi connectivity index (χ1n) is 5.45. The highest BCUT2D eigenvalue weighted by molar-refractivity contribution is 5.57. The molecule has 0 atom stereocenters. The van der Waals surface area contributed by atoms with Gasteiger partial charge in [-0.1, -0.05) is 12.2 Å². The Balaban J connectivity index is 2.14. The van der Waals surface area contributed by atoms with Crippen molar-refractivity contribution in [1.29, 1.82) is 0 Å². The van der Waals surface area contributed by atoms with Gasteiger partial charge in [0.2, 0.25) is 0 Å². The number of fused-ring (bicyclic) bond motifs is 3. The Kier molecular flexibility index (Phi) is 1.85. The second-order valence-electron chi connectivity index (χ2n) is 4.32. The van der Waals surface area contributed by atoms with Crippen LogP contribution < -0.4 is 5.56 Å². The smallest absolute Gasteiger partial charge is 0.274 e. The van der Waals surface area contributed by atoms with Crippen LogP contribution in [0.5, 0.6) is 0 Å². The molecule has 0 N–H and O–H groups in total. The SMILES string of the molecule is CN1CCn2c3c(c(=O)n2CC1)C=CC3. The summed E-state index contributed by atoms with van der Waals surface area (Å²) >= 11 is 0. The van der Waals surface area contributed by atoms with E-state index in [1.165, 1.54) is 5.69 Å². The molecule has 0 amide bonds. The fourth-order valence-electron chi connectivity index (χ4n) is 2.45. The molecule has 4 nitrogen and oxygen atoms in total. The summed E-state index contributed by atoms with van der Waals surface area (Å²) in [6.07, 6.45) is 4.96. The van der Waals surface area contributed by atoms with E-state index in [-0.39, 0.29) is 5.56 Å². The van der Waals surface area contributed by atoms with Crippen LogP contribution in [-0.4, -0.2) is 34.4 Å². The summed E-state index contributed by atoms with van der Waals surface area (Å²) in [6.45, 7) is 3.74. The van der Waals surface area contributed by atoms with E-state index < -0.39 is 0 Å². The van der Waals surface area contributed by atoms with Crippen LogP contribution in [0.25, 0.3) is 6.08 Å². The van der Waals surface area contributed by atoms with Gasteiger partial charge in [0, 0.05) is 19.5 Å². The van der Waals surface area contributed by atoms with Crippen molar-refractivity contribution in [2.75, 3.05) is 20.1 Å². The number of hydrogen-bond donors (Lipinski definition) is 0. The van der Waals surface area contributed by atoms with Gasteiger partial charge in [0.05, 0.1) is 24.3 Å². The monoisotopic (exact) mass is 205 g/mol. The molecule has 1 aliphatic heterocycles. The van der Waals surface area contributed by atoms with Crippen molar-refractivity contribution < 1.29 is 0 Å². The summed E-state index contributed by atoms with van der Waals surface area (Å²) in [7, 11) is 2.11. The first kappa shape index (κ1) is 8.97. The number of likely N-dealkylation sites (N-methyl/N-ethyl adjacent to an activating group) is 1. The highest BCUT2D eigenvalue weighted by Crippen LogP contribution is 2.17. The Morgan fingerprint density at radius 2 is 1.87 bits per heavy atom. The molecule has 0 unspecified atom stereocenters. The molecule has 0 fully saturated rings. The van der Waals surface area contributed by atoms with Gasteiger partial charge in [-0.25, -0.2) is 4.68 Å². The lowest BCUT2D eigenvalue weighted by Crippen LogP contribution is -2.25. The van der Waals surface area contributed by atoms with Crippen molar-refractivity contribution >= 4 is 6.08 Å². The second kappa shape index (κ2) is 3.10. The van der Waals surface area contributed by atoms with E-state index in [9.17, 15) is 4.79 Å². The lowest BCUT2D eigenvalue weighted by molar-refractivity contribution is 0.338. The van der Waals surface area contributed by atoms with Gasteiger partial charge in [-0.15, -0.1) is 0 Å². The van der Waals surface area contributed by atoms with Gasteiger partial charge < -0.3 is 4.90 Å². The van der Waals surface area contributed by atoms with E-state index in [2.05, 4.69) is 22.7 Å². The fourth-order valence-corrected chi connectivity index (χ4v) is 2.45. The van der Waals surface area contributed by atoms with E-state index in [1.807, 2.05) is 10.8 Å². The quantitative estimate of drug-likeness (QED) is 0.604. The third-order valence-corrected chi connectivity index (χ3v) is 3.36. The Morgan fingerprint density at radius 1 is 1.13 bits per heavy atom. The topological polar surface area (TPSA) is 30.2 Å². The average Bonchev–Trinajstić information content (AvgIpc) is 2.71. The Hall–Kier alpha value is -1.29. The number of allylic oxidation sites excluding steroid dienone is 1. The summed E-state index contributed by atoms with van der Waals surface area (Å²) in [4.78, 5) is 14.3. The van der Waals surface area contributed by atoms with Crippen molar-refractivity contribution in [2.24, 2.45) is 0 Å². The van der Waals surface area contributed by atoms with Crippen LogP contribution in [0.1, 0.15) is 11.3 Å². The Morgan fingerprint density at radius 3 is 2.67 bits per heavy atom. The predicted molar refractivity (Wildman–Crippen MR) is 58.9 cm³/mol. The molecule has 1 aromatic rings. The Bertz CT molecular complexity index is 481. The number of nitrogens with zero attached hydrogens (tertiary/aromatic N) is 3. The summed E-state index contributed by atoms with van der Waals surface area (Å²) < 4.78 is 4.07. The maximum atomic E-state index is 12.0. The zero-order valence-corrected chi connectivity index (χ0v) is 8.94. The van der Waals surface area contributed by atoms with Crippen molar-refractivity contribution in [3.63, 3.8) is 0 Å². The zero-order valence-electron chi connectivity index (χ0n) is 8.94. The van der Waals surface area contributed by atoms with Crippen LogP contribution in [0.4, 0.5) is 0 Å². The van der Waals surface area contributed by atoms with Crippen LogP contribution in [-0.2, 0) is 19.5 Å². The molecule has 0 saturated heterocycles. The zero-order chi connectivity index (χ0) is 10.4. The fraction of sp³-hybridized carbons (Fsp3) is 0.545. The molecule has 0 saturated carbocycles. The maximum Gasteiger partial charge on any atom is 0.274 e. The third-order valence-electron chi connectivity index (χ3n) is 3.36. The molecule has 2 heterocycles. The largest absolute Gasteiger partial charge is 0.303 e. The average molecular weight is 205 g/mol. The minimum Gasteiger partial charge on any atom is -0.303 e. The van der Waals surface area contributed by atoms with Crippen LogP contribution in [0, 0.1) is 0 Å². The highest BCUT2D eigenvalue weighted by atomic mass is 16.1. The molecule has 0 aromatic carbocycles. The van der Waals surface area contributed by atoms with Gasteiger partial charge >= 0.3 is 0 Å². The third kappa shape index (κ3) is 1.21. The van der Waals surface area contributed by atoms with Gasteiger partial charge in [-0.3, -0.25) is 9.48 Å². The van der Waals surface area contributed by atoms with Crippen molar-refractivity contribution in [3.8, 4) is 0 Å². The minimum absolute atomic E-state index is 0.189. The van der Waals surface area contributed by atoms with Gasteiger partial charge in [0.1, 0.15) is 0 Å². The van der Waals surface area contributed by atoms with E-state index in [0.717, 1.165) is 38.2 Å². The van der Waals surface area contributed by atoms with Crippen molar-refractivity contribution in [2.45, 2.75) is 19.5 Å². The number of rotatable bonds is 0. The number of aromatic nitrogens is 2. The molecule has 0 spiro atoms. The van der Waals surface area contributed by atoms with Gasteiger partial charge in [0.15, 0.2) is 0 Å². The molecule has 15 heavy (non-hydrogen) atoms. The molecule has 3 rings (SSSR count). The first-order valence-corrected chi connectivity index (χ1v) is 5.45. The molecule has 1 aromatic heterocycles. The maximum absolute atomic E-state index is 12.0. The summed E-state index contributed by atoms with van der Waals surface area (Å²) in [5.74, 6) is 0. The molecule has 0 bridgehead atoms. The second-order valence-corrected chi connectivity index (χ2v) is 4.32. The van der Waals surface area contributed by atoms with Crippen LogP contribution in [0.15, 0.2) is 10.9 Å². The highest BCUT2D eigenvalue weighted by Gasteiger charge is 2.22. The number of hydrogen-bond acceptors (Lipinski definition) is 2. The summed E-state index contributed by atoms with van der Waals surface area (Å²) in [6, 6.07) is 0. The summed E-state index contributed by atoms with van der Waals surface area (Å²) in [5, 5.41) is 0. The molecule has 0 radical (unpaired) electrons. The van der Waals surface area contributed by atoms with E-state index in [4.69, 9.17) is 0 Å². The lowest BCUT2D eigenvalue weighted by Gasteiger charge is -2.11. The first-order chi connectivity index (χ1) is 7.27. The van der Waals surface area contributed by atoms with Crippen LogP contribution in [0.2, 0.25) is 0 Å². The van der Waals surface area contributed by atoms with Crippen LogP contribution >= 0.6 is 0 Å². The molecular weight excluding hydrogens is 190 g/mol. The van der Waals surface area contributed by atoms with Gasteiger partial charge in [-0.05, 0) is 7.05 Å². The molecule has 2 aliphatic rings. The Labute approximate surface area is 88.4 Å². The summed E-state index contributed by atoms with van der Waals surface area (Å²) in [5.41, 5.74) is 2.31. The van der Waals surface area contributed by atoms with Crippen molar-refractivity contribution in [3.05, 3.63) is 27.7 Å². The van der Waals surface area contributed by atoms with E-state index in [1.54, 1.807) is 0 Å². The van der Waals surface area contributed by atoms with Crippen LogP contribution in [0.3, 0.4) is 0 Å². The molecule has 4 heteroatoms. The van der Waals surface area contributed by atoms with Crippen molar-refractivity contribution in [1.82, 2.24) is 14.3 Å². The standard InChI is InChI=1S/C11H15N3O/c1-12-5-7-13-10-4-2-3-9(10)11(15)14(13)8-6-12/h2-3H,4-8H2,1H3.